The highest BCUT2D eigenvalue weighted by molar-refractivity contribution is 4.82. The van der Waals surface area contributed by atoms with E-state index in [1.165, 1.54) is 124 Å². The number of rotatable bonds is 6. The van der Waals surface area contributed by atoms with Crippen LogP contribution < -0.4 is 10.6 Å². The van der Waals surface area contributed by atoms with Gasteiger partial charge in [-0.05, 0) is 95.0 Å². The summed E-state index contributed by atoms with van der Waals surface area (Å²) in [6, 6.07) is 0. The lowest BCUT2D eigenvalue weighted by Gasteiger charge is -2.40. The molecule has 182 valence electrons. The lowest BCUT2D eigenvalue weighted by molar-refractivity contribution is 0.0937. The maximum Gasteiger partial charge on any atom is 0.0107 e. The zero-order chi connectivity index (χ0) is 21.9. The highest BCUT2D eigenvalue weighted by Crippen LogP contribution is 2.25. The first kappa shape index (κ1) is 25.4. The standard InChI is InChI=1S/C23H45N5.C3H8/c1-20-14-23(16-25-15-20)19-27-10-4-21(5-11-27)17-26-8-2-22(3-9-26)18-28-12-6-24-7-13-28;1-3-2/h20-25H,2-19H2,1H3;3H2,1-2H3/t20-,23+;/m1./s1. The summed E-state index contributed by atoms with van der Waals surface area (Å²) in [6.07, 6.45) is 8.38. The third-order valence-corrected chi connectivity index (χ3v) is 7.83. The zero-order valence-corrected chi connectivity index (χ0v) is 21.1. The van der Waals surface area contributed by atoms with Crippen molar-refractivity contribution in [2.75, 3.05) is 85.1 Å². The third kappa shape index (κ3) is 9.29. The van der Waals surface area contributed by atoms with Gasteiger partial charge < -0.3 is 25.3 Å². The van der Waals surface area contributed by atoms with Gasteiger partial charge in [-0.1, -0.05) is 27.2 Å². The summed E-state index contributed by atoms with van der Waals surface area (Å²) >= 11 is 0. The molecule has 2 N–H and O–H groups in total. The van der Waals surface area contributed by atoms with Crippen LogP contribution in [0.5, 0.6) is 0 Å². The van der Waals surface area contributed by atoms with Crippen molar-refractivity contribution >= 4 is 0 Å². The first-order valence-electron chi connectivity index (χ1n) is 13.7. The molecule has 4 aliphatic rings. The molecule has 4 heterocycles. The van der Waals surface area contributed by atoms with Crippen molar-refractivity contribution < 1.29 is 0 Å². The van der Waals surface area contributed by atoms with E-state index in [1.54, 1.807) is 0 Å². The summed E-state index contributed by atoms with van der Waals surface area (Å²) < 4.78 is 0. The predicted molar refractivity (Wildman–Crippen MR) is 134 cm³/mol. The van der Waals surface area contributed by atoms with Crippen LogP contribution in [-0.4, -0.2) is 99.8 Å². The van der Waals surface area contributed by atoms with Crippen molar-refractivity contribution in [2.45, 2.75) is 59.3 Å². The van der Waals surface area contributed by atoms with E-state index in [0.29, 0.717) is 0 Å². The number of piperidine rings is 3. The van der Waals surface area contributed by atoms with E-state index in [1.807, 2.05) is 0 Å². The molecule has 0 radical (unpaired) electrons. The van der Waals surface area contributed by atoms with E-state index in [0.717, 1.165) is 23.7 Å². The van der Waals surface area contributed by atoms with E-state index in [2.05, 4.69) is 46.1 Å². The monoisotopic (exact) mass is 435 g/mol. The van der Waals surface area contributed by atoms with Gasteiger partial charge in [0.1, 0.15) is 0 Å². The second kappa shape index (κ2) is 14.1. The molecule has 0 aromatic heterocycles. The summed E-state index contributed by atoms with van der Waals surface area (Å²) in [5.41, 5.74) is 0. The maximum absolute atomic E-state index is 3.63. The van der Waals surface area contributed by atoms with E-state index in [4.69, 9.17) is 0 Å². The molecule has 2 atom stereocenters. The lowest BCUT2D eigenvalue weighted by Crippen LogP contribution is -2.47. The Morgan fingerprint density at radius 3 is 1.55 bits per heavy atom. The van der Waals surface area contributed by atoms with Gasteiger partial charge in [-0.2, -0.15) is 0 Å². The summed E-state index contributed by atoms with van der Waals surface area (Å²) in [7, 11) is 0. The molecule has 5 nitrogen and oxygen atoms in total. The summed E-state index contributed by atoms with van der Waals surface area (Å²) in [6.45, 7) is 23.5. The number of hydrogen-bond acceptors (Lipinski definition) is 5. The molecule has 0 aliphatic carbocycles. The number of likely N-dealkylation sites (tertiary alicyclic amines) is 2. The van der Waals surface area contributed by atoms with Crippen LogP contribution in [-0.2, 0) is 0 Å². The molecule has 4 saturated heterocycles. The van der Waals surface area contributed by atoms with Crippen LogP contribution in [0.1, 0.15) is 59.3 Å². The van der Waals surface area contributed by atoms with Gasteiger partial charge in [-0.3, -0.25) is 0 Å². The minimum atomic E-state index is 0.866. The highest BCUT2D eigenvalue weighted by Gasteiger charge is 2.27. The van der Waals surface area contributed by atoms with Crippen LogP contribution in [0, 0.1) is 23.7 Å². The third-order valence-electron chi connectivity index (χ3n) is 7.83. The van der Waals surface area contributed by atoms with Crippen LogP contribution in [0.15, 0.2) is 0 Å². The smallest absolute Gasteiger partial charge is 0.0107 e. The van der Waals surface area contributed by atoms with Gasteiger partial charge in [0, 0.05) is 45.8 Å². The molecule has 4 rings (SSSR count). The Hall–Kier alpha value is -0.200. The SMILES string of the molecule is CCC.C[C@H]1CNC[C@@H](CN2CCC(CN3CCC(CN4CCNCC4)CC3)CC2)C1. The number of nitrogens with one attached hydrogen (secondary N) is 2. The first-order valence-corrected chi connectivity index (χ1v) is 13.7. The van der Waals surface area contributed by atoms with Crippen molar-refractivity contribution in [1.82, 2.24) is 25.3 Å². The van der Waals surface area contributed by atoms with Gasteiger partial charge in [-0.15, -0.1) is 0 Å². The normalized spacial score (nSPS) is 30.7. The van der Waals surface area contributed by atoms with Gasteiger partial charge in [0.2, 0.25) is 0 Å². The van der Waals surface area contributed by atoms with E-state index in [-0.39, 0.29) is 0 Å². The van der Waals surface area contributed by atoms with Crippen LogP contribution in [0.25, 0.3) is 0 Å². The zero-order valence-electron chi connectivity index (χ0n) is 21.1. The van der Waals surface area contributed by atoms with Gasteiger partial charge in [0.05, 0.1) is 0 Å². The number of hydrogen-bond donors (Lipinski definition) is 2. The fourth-order valence-corrected chi connectivity index (χ4v) is 6.10. The molecule has 0 saturated carbocycles. The molecule has 0 bridgehead atoms. The number of nitrogens with zero attached hydrogens (tertiary/aromatic N) is 3. The van der Waals surface area contributed by atoms with Crippen LogP contribution >= 0.6 is 0 Å². The molecule has 0 aromatic rings. The highest BCUT2D eigenvalue weighted by atomic mass is 15.2. The van der Waals surface area contributed by atoms with Crippen LogP contribution in [0.4, 0.5) is 0 Å². The summed E-state index contributed by atoms with van der Waals surface area (Å²) in [5, 5.41) is 7.10. The molecule has 4 fully saturated rings. The second-order valence-electron chi connectivity index (χ2n) is 11.1. The molecular weight excluding hydrogens is 382 g/mol. The average molecular weight is 436 g/mol. The summed E-state index contributed by atoms with van der Waals surface area (Å²) in [4.78, 5) is 8.25. The summed E-state index contributed by atoms with van der Waals surface area (Å²) in [5.74, 6) is 3.65. The molecule has 4 aliphatic heterocycles. The van der Waals surface area contributed by atoms with Gasteiger partial charge in [-0.25, -0.2) is 0 Å². The Labute approximate surface area is 193 Å². The maximum atomic E-state index is 3.63. The fraction of sp³-hybridized carbons (Fsp3) is 1.00. The van der Waals surface area contributed by atoms with Crippen LogP contribution in [0.2, 0.25) is 0 Å². The second-order valence-corrected chi connectivity index (χ2v) is 11.1. The average Bonchev–Trinajstić information content (AvgIpc) is 2.78. The van der Waals surface area contributed by atoms with E-state index < -0.39 is 0 Å². The molecule has 31 heavy (non-hydrogen) atoms. The largest absolute Gasteiger partial charge is 0.316 e. The van der Waals surface area contributed by atoms with Crippen molar-refractivity contribution in [1.29, 1.82) is 0 Å². The van der Waals surface area contributed by atoms with Crippen molar-refractivity contribution in [2.24, 2.45) is 23.7 Å². The lowest BCUT2D eigenvalue weighted by atomic mass is 9.89. The van der Waals surface area contributed by atoms with Crippen molar-refractivity contribution in [3.63, 3.8) is 0 Å². The first-order chi connectivity index (χ1) is 15.2. The predicted octanol–water partition coefficient (Wildman–Crippen LogP) is 2.98. The molecular formula is C26H53N5. The van der Waals surface area contributed by atoms with Crippen LogP contribution in [0.3, 0.4) is 0 Å². The molecule has 5 heteroatoms. The Morgan fingerprint density at radius 2 is 1.06 bits per heavy atom. The Bertz CT molecular complexity index is 451. The quantitative estimate of drug-likeness (QED) is 0.670. The Morgan fingerprint density at radius 1 is 0.613 bits per heavy atom. The molecule has 0 spiro atoms. The van der Waals surface area contributed by atoms with Crippen molar-refractivity contribution in [3.8, 4) is 0 Å². The molecule has 0 unspecified atom stereocenters. The van der Waals surface area contributed by atoms with E-state index in [9.17, 15) is 0 Å². The van der Waals surface area contributed by atoms with Gasteiger partial charge in [0.15, 0.2) is 0 Å². The van der Waals surface area contributed by atoms with Crippen molar-refractivity contribution in [3.05, 3.63) is 0 Å². The van der Waals surface area contributed by atoms with E-state index >= 15 is 0 Å². The minimum absolute atomic E-state index is 0.866. The topological polar surface area (TPSA) is 33.8 Å². The van der Waals surface area contributed by atoms with Gasteiger partial charge in [0.25, 0.3) is 0 Å². The fourth-order valence-electron chi connectivity index (χ4n) is 6.10. The Balaban J connectivity index is 0.000000858. The Kier molecular flexibility index (Phi) is 11.6. The molecule has 0 amide bonds. The number of piperazine rings is 1. The minimum Gasteiger partial charge on any atom is -0.316 e. The van der Waals surface area contributed by atoms with Gasteiger partial charge >= 0.3 is 0 Å². The molecule has 0 aromatic carbocycles.